The van der Waals surface area contributed by atoms with Crippen molar-refractivity contribution < 1.29 is 18.8 Å². The molecule has 1 N–H and O–H groups in total. The van der Waals surface area contributed by atoms with Gasteiger partial charge in [-0.15, -0.1) is 0 Å². The van der Waals surface area contributed by atoms with Crippen LogP contribution in [0, 0.1) is 13.8 Å². The molecule has 0 bridgehead atoms. The summed E-state index contributed by atoms with van der Waals surface area (Å²) in [5.41, 5.74) is 2.00. The van der Waals surface area contributed by atoms with Gasteiger partial charge in [0.15, 0.2) is 11.5 Å². The number of aromatic nitrogens is 1. The van der Waals surface area contributed by atoms with E-state index in [4.69, 9.17) is 14.0 Å². The number of ether oxygens (including phenoxy) is 2. The summed E-state index contributed by atoms with van der Waals surface area (Å²) in [4.78, 5) is 12.4. The van der Waals surface area contributed by atoms with E-state index < -0.39 is 0 Å². The first-order chi connectivity index (χ1) is 11.5. The van der Waals surface area contributed by atoms with Crippen LogP contribution in [0.1, 0.15) is 54.2 Å². The monoisotopic (exact) mass is 332 g/mol. The van der Waals surface area contributed by atoms with Crippen molar-refractivity contribution in [3.8, 4) is 11.5 Å². The zero-order chi connectivity index (χ0) is 17.7. The van der Waals surface area contributed by atoms with Crippen LogP contribution in [0.15, 0.2) is 22.7 Å². The van der Waals surface area contributed by atoms with Crippen molar-refractivity contribution in [2.24, 2.45) is 0 Å². The van der Waals surface area contributed by atoms with Gasteiger partial charge in [-0.25, -0.2) is 0 Å². The lowest BCUT2D eigenvalue weighted by atomic mass is 10.1. The molecule has 130 valence electrons. The van der Waals surface area contributed by atoms with Gasteiger partial charge >= 0.3 is 0 Å². The first-order valence-electron chi connectivity index (χ1n) is 8.11. The fourth-order valence-electron chi connectivity index (χ4n) is 2.50. The lowest BCUT2D eigenvalue weighted by Gasteiger charge is -2.17. The topological polar surface area (TPSA) is 73.6 Å². The van der Waals surface area contributed by atoms with E-state index in [1.165, 1.54) is 0 Å². The Morgan fingerprint density at radius 3 is 2.46 bits per heavy atom. The molecule has 1 atom stereocenters. The molecule has 0 unspecified atom stereocenters. The molecule has 6 nitrogen and oxygen atoms in total. The smallest absolute Gasteiger partial charge is 0.257 e. The SMILES string of the molecule is CCOc1ccc([C@@H](C)NC(=O)c2c(C)noc2C)cc1OCC. The van der Waals surface area contributed by atoms with E-state index >= 15 is 0 Å². The first-order valence-corrected chi connectivity index (χ1v) is 8.11. The molecule has 0 fully saturated rings. The third kappa shape index (κ3) is 3.88. The Labute approximate surface area is 142 Å². The molecule has 0 radical (unpaired) electrons. The molecule has 0 saturated carbocycles. The van der Waals surface area contributed by atoms with Crippen molar-refractivity contribution in [2.45, 2.75) is 40.7 Å². The Morgan fingerprint density at radius 2 is 1.88 bits per heavy atom. The molecule has 1 heterocycles. The summed E-state index contributed by atoms with van der Waals surface area (Å²) < 4.78 is 16.2. The maximum Gasteiger partial charge on any atom is 0.257 e. The number of nitrogens with zero attached hydrogens (tertiary/aromatic N) is 1. The highest BCUT2D eigenvalue weighted by atomic mass is 16.5. The van der Waals surface area contributed by atoms with Crippen molar-refractivity contribution in [1.82, 2.24) is 10.5 Å². The van der Waals surface area contributed by atoms with Crippen molar-refractivity contribution in [1.29, 1.82) is 0 Å². The molecule has 2 rings (SSSR count). The van der Waals surface area contributed by atoms with Crippen LogP contribution in [0.2, 0.25) is 0 Å². The fraction of sp³-hybridized carbons (Fsp3) is 0.444. The van der Waals surface area contributed by atoms with E-state index in [9.17, 15) is 4.79 Å². The number of amides is 1. The lowest BCUT2D eigenvalue weighted by molar-refractivity contribution is 0.0937. The number of nitrogens with one attached hydrogen (secondary N) is 1. The zero-order valence-electron chi connectivity index (χ0n) is 14.8. The zero-order valence-corrected chi connectivity index (χ0v) is 14.8. The van der Waals surface area contributed by atoms with Gasteiger partial charge in [0.05, 0.1) is 24.9 Å². The Hall–Kier alpha value is -2.50. The van der Waals surface area contributed by atoms with E-state index in [0.29, 0.717) is 41.7 Å². The molecule has 0 aliphatic heterocycles. The van der Waals surface area contributed by atoms with Gasteiger partial charge in [-0.05, 0) is 52.3 Å². The molecule has 2 aromatic rings. The number of rotatable bonds is 7. The molecular formula is C18H24N2O4. The molecule has 1 aromatic carbocycles. The predicted octanol–water partition coefficient (Wildman–Crippen LogP) is 3.58. The van der Waals surface area contributed by atoms with Crippen molar-refractivity contribution in [3.63, 3.8) is 0 Å². The minimum Gasteiger partial charge on any atom is -0.490 e. The molecule has 0 aliphatic rings. The summed E-state index contributed by atoms with van der Waals surface area (Å²) in [7, 11) is 0. The van der Waals surface area contributed by atoms with Crippen LogP contribution in [0.25, 0.3) is 0 Å². The average Bonchev–Trinajstić information content (AvgIpc) is 2.88. The van der Waals surface area contributed by atoms with E-state index in [2.05, 4.69) is 10.5 Å². The van der Waals surface area contributed by atoms with Gasteiger partial charge in [0.2, 0.25) is 0 Å². The van der Waals surface area contributed by atoms with Crippen LogP contribution >= 0.6 is 0 Å². The Bertz CT molecular complexity index is 690. The van der Waals surface area contributed by atoms with Gasteiger partial charge in [-0.3, -0.25) is 4.79 Å². The molecule has 0 saturated heterocycles. The average molecular weight is 332 g/mol. The van der Waals surface area contributed by atoms with Crippen molar-refractivity contribution in [3.05, 3.63) is 40.8 Å². The van der Waals surface area contributed by atoms with Crippen LogP contribution in [0.5, 0.6) is 11.5 Å². The summed E-state index contributed by atoms with van der Waals surface area (Å²) in [6.45, 7) is 10.4. The van der Waals surface area contributed by atoms with Crippen LogP contribution < -0.4 is 14.8 Å². The van der Waals surface area contributed by atoms with Crippen molar-refractivity contribution in [2.75, 3.05) is 13.2 Å². The number of benzene rings is 1. The van der Waals surface area contributed by atoms with Crippen molar-refractivity contribution >= 4 is 5.91 Å². The maximum atomic E-state index is 12.4. The number of hydrogen-bond donors (Lipinski definition) is 1. The summed E-state index contributed by atoms with van der Waals surface area (Å²) in [5, 5.41) is 6.78. The first kappa shape index (κ1) is 17.8. The summed E-state index contributed by atoms with van der Waals surface area (Å²) >= 11 is 0. The number of carbonyl (C=O) groups excluding carboxylic acids is 1. The van der Waals surface area contributed by atoms with Gasteiger partial charge in [0.1, 0.15) is 11.3 Å². The van der Waals surface area contributed by atoms with Gasteiger partial charge in [0, 0.05) is 0 Å². The van der Waals surface area contributed by atoms with Gasteiger partial charge in [-0.1, -0.05) is 11.2 Å². The minimum absolute atomic E-state index is 0.193. The van der Waals surface area contributed by atoms with Gasteiger partial charge < -0.3 is 19.3 Å². The molecule has 1 amide bonds. The third-order valence-electron chi connectivity index (χ3n) is 3.68. The number of carbonyl (C=O) groups is 1. The maximum absolute atomic E-state index is 12.4. The molecule has 24 heavy (non-hydrogen) atoms. The third-order valence-corrected chi connectivity index (χ3v) is 3.68. The fourth-order valence-corrected chi connectivity index (χ4v) is 2.50. The molecule has 6 heteroatoms. The number of hydrogen-bond acceptors (Lipinski definition) is 5. The Kier molecular flexibility index (Phi) is 5.84. The quantitative estimate of drug-likeness (QED) is 0.839. The molecule has 0 spiro atoms. The second-order valence-electron chi connectivity index (χ2n) is 5.47. The van der Waals surface area contributed by atoms with Gasteiger partial charge in [0.25, 0.3) is 5.91 Å². The van der Waals surface area contributed by atoms with Crippen LogP contribution in [0.4, 0.5) is 0 Å². The lowest BCUT2D eigenvalue weighted by Crippen LogP contribution is -2.27. The van der Waals surface area contributed by atoms with E-state index in [1.54, 1.807) is 13.8 Å². The second-order valence-corrected chi connectivity index (χ2v) is 5.47. The summed E-state index contributed by atoms with van der Waals surface area (Å²) in [6.07, 6.45) is 0. The molecule has 1 aromatic heterocycles. The predicted molar refractivity (Wildman–Crippen MR) is 90.6 cm³/mol. The highest BCUT2D eigenvalue weighted by Crippen LogP contribution is 2.31. The van der Waals surface area contributed by atoms with Gasteiger partial charge in [-0.2, -0.15) is 0 Å². The van der Waals surface area contributed by atoms with Crippen LogP contribution in [-0.4, -0.2) is 24.3 Å². The Morgan fingerprint density at radius 1 is 1.21 bits per heavy atom. The largest absolute Gasteiger partial charge is 0.490 e. The summed E-state index contributed by atoms with van der Waals surface area (Å²) in [6, 6.07) is 5.49. The normalized spacial score (nSPS) is 11.9. The molecule has 0 aliphatic carbocycles. The van der Waals surface area contributed by atoms with E-state index in [-0.39, 0.29) is 11.9 Å². The number of aryl methyl sites for hydroxylation is 2. The standard InChI is InChI=1S/C18H24N2O4/c1-6-22-15-9-8-14(10-16(15)23-7-2)11(3)19-18(21)17-12(4)20-24-13(17)5/h8-11H,6-7H2,1-5H3,(H,19,21)/t11-/m1/s1. The van der Waals surface area contributed by atoms with E-state index in [0.717, 1.165) is 5.56 Å². The Balaban J connectivity index is 2.18. The van der Waals surface area contributed by atoms with E-state index in [1.807, 2.05) is 39.0 Å². The second kappa shape index (κ2) is 7.86. The minimum atomic E-state index is -0.203. The highest BCUT2D eigenvalue weighted by Gasteiger charge is 2.20. The highest BCUT2D eigenvalue weighted by molar-refractivity contribution is 5.96. The van der Waals surface area contributed by atoms with Crippen LogP contribution in [-0.2, 0) is 0 Å². The molecular weight excluding hydrogens is 308 g/mol. The van der Waals surface area contributed by atoms with Crippen LogP contribution in [0.3, 0.4) is 0 Å². The summed E-state index contributed by atoms with van der Waals surface area (Å²) in [5.74, 6) is 1.69.